The summed E-state index contributed by atoms with van der Waals surface area (Å²) in [6.07, 6.45) is 0.681. The highest BCUT2D eigenvalue weighted by atomic mass is 79.9. The Morgan fingerprint density at radius 1 is 1.61 bits per heavy atom. The van der Waals surface area contributed by atoms with E-state index in [0.717, 1.165) is 10.0 Å². The highest BCUT2D eigenvalue weighted by Crippen LogP contribution is 2.26. The van der Waals surface area contributed by atoms with E-state index in [1.54, 1.807) is 12.1 Å². The molecule has 94 valence electrons. The van der Waals surface area contributed by atoms with Gasteiger partial charge in [0.25, 0.3) is 0 Å². The normalized spacial score (nSPS) is 11.4. The maximum Gasteiger partial charge on any atom is 0.122 e. The molecular weight excluding hydrogens is 318 g/mol. The molecule has 18 heavy (non-hydrogen) atoms. The Morgan fingerprint density at radius 3 is 3.06 bits per heavy atom. The van der Waals surface area contributed by atoms with Crippen molar-refractivity contribution in [1.82, 2.24) is 5.32 Å². The van der Waals surface area contributed by atoms with E-state index >= 15 is 0 Å². The van der Waals surface area contributed by atoms with Gasteiger partial charge in [-0.15, -0.1) is 0 Å². The third kappa shape index (κ3) is 4.55. The predicted molar refractivity (Wildman–Crippen MR) is 74.1 cm³/mol. The molecule has 0 saturated heterocycles. The summed E-state index contributed by atoms with van der Waals surface area (Å²) in [5.41, 5.74) is 8.93. The Hall–Kier alpha value is -1.25. The molecule has 0 aromatic heterocycles. The van der Waals surface area contributed by atoms with Crippen LogP contribution in [-0.2, 0) is 0 Å². The van der Waals surface area contributed by atoms with Gasteiger partial charge in [0.05, 0.1) is 6.07 Å². The van der Waals surface area contributed by atoms with Crippen LogP contribution in [0.3, 0.4) is 0 Å². The molecule has 0 heterocycles. The largest absolute Gasteiger partial charge is 0.298 e. The van der Waals surface area contributed by atoms with E-state index < -0.39 is 6.04 Å². The number of rotatable bonds is 6. The number of nitriles is 1. The van der Waals surface area contributed by atoms with Crippen LogP contribution in [-0.4, -0.2) is 13.1 Å². The Morgan fingerprint density at radius 2 is 2.39 bits per heavy atom. The molecular formula is C11H11BrClN5. The van der Waals surface area contributed by atoms with Gasteiger partial charge < -0.3 is 0 Å². The van der Waals surface area contributed by atoms with Crippen LogP contribution < -0.4 is 5.32 Å². The monoisotopic (exact) mass is 327 g/mol. The molecule has 0 amide bonds. The van der Waals surface area contributed by atoms with Gasteiger partial charge in [0.1, 0.15) is 6.04 Å². The summed E-state index contributed by atoms with van der Waals surface area (Å²) < 4.78 is 0.834. The summed E-state index contributed by atoms with van der Waals surface area (Å²) in [6, 6.07) is 7.05. The molecule has 0 saturated carbocycles. The first kappa shape index (κ1) is 14.8. The van der Waals surface area contributed by atoms with Crippen molar-refractivity contribution in [3.63, 3.8) is 0 Å². The predicted octanol–water partition coefficient (Wildman–Crippen LogP) is 3.96. The summed E-state index contributed by atoms with van der Waals surface area (Å²) in [7, 11) is 0. The molecule has 0 aliphatic carbocycles. The Bertz CT molecular complexity index is 493. The van der Waals surface area contributed by atoms with Gasteiger partial charge in [-0.25, -0.2) is 0 Å². The number of halogens is 2. The van der Waals surface area contributed by atoms with E-state index in [2.05, 4.69) is 37.3 Å². The fourth-order valence-electron chi connectivity index (χ4n) is 1.40. The van der Waals surface area contributed by atoms with Gasteiger partial charge in [-0.3, -0.25) is 5.32 Å². The van der Waals surface area contributed by atoms with Crippen LogP contribution in [0.2, 0.25) is 5.02 Å². The third-order valence-corrected chi connectivity index (χ3v) is 3.20. The van der Waals surface area contributed by atoms with E-state index in [9.17, 15) is 0 Å². The second-order valence-corrected chi connectivity index (χ2v) is 4.78. The standard InChI is InChI=1S/C11H11BrClN5/c12-10-3-2-8(13)6-9(10)11(7-14)16-4-1-5-17-18-15/h2-3,6,11,16H,1,4-5H2. The molecule has 0 radical (unpaired) electrons. The lowest BCUT2D eigenvalue weighted by Gasteiger charge is -2.13. The van der Waals surface area contributed by atoms with Crippen LogP contribution >= 0.6 is 27.5 Å². The lowest BCUT2D eigenvalue weighted by molar-refractivity contribution is 0.606. The number of hydrogen-bond acceptors (Lipinski definition) is 3. The van der Waals surface area contributed by atoms with Gasteiger partial charge in [-0.2, -0.15) is 5.26 Å². The number of hydrogen-bond donors (Lipinski definition) is 1. The molecule has 1 aromatic carbocycles. The summed E-state index contributed by atoms with van der Waals surface area (Å²) in [6.45, 7) is 1.01. The van der Waals surface area contributed by atoms with Crippen molar-refractivity contribution in [3.8, 4) is 6.07 Å². The van der Waals surface area contributed by atoms with Crippen molar-refractivity contribution >= 4 is 27.5 Å². The van der Waals surface area contributed by atoms with Crippen molar-refractivity contribution < 1.29 is 0 Å². The molecule has 1 atom stereocenters. The van der Waals surface area contributed by atoms with E-state index in [4.69, 9.17) is 22.4 Å². The quantitative estimate of drug-likeness (QED) is 0.371. The molecule has 1 aromatic rings. The lowest BCUT2D eigenvalue weighted by Crippen LogP contribution is -2.22. The fourth-order valence-corrected chi connectivity index (χ4v) is 2.06. The molecule has 1 N–H and O–H groups in total. The minimum Gasteiger partial charge on any atom is -0.298 e. The number of benzene rings is 1. The molecule has 1 unspecified atom stereocenters. The van der Waals surface area contributed by atoms with Crippen molar-refractivity contribution in [2.45, 2.75) is 12.5 Å². The molecule has 7 heteroatoms. The highest BCUT2D eigenvalue weighted by Gasteiger charge is 2.13. The summed E-state index contributed by atoms with van der Waals surface area (Å²) >= 11 is 9.30. The summed E-state index contributed by atoms with van der Waals surface area (Å²) in [5, 5.41) is 16.2. The molecule has 0 fully saturated rings. The first-order valence-corrected chi connectivity index (χ1v) is 6.45. The number of azide groups is 1. The first-order valence-electron chi connectivity index (χ1n) is 5.28. The topological polar surface area (TPSA) is 84.6 Å². The Labute approximate surface area is 119 Å². The molecule has 0 bridgehead atoms. The van der Waals surface area contributed by atoms with Crippen molar-refractivity contribution in [1.29, 1.82) is 5.26 Å². The highest BCUT2D eigenvalue weighted by molar-refractivity contribution is 9.10. The zero-order chi connectivity index (χ0) is 13.4. The fraction of sp³-hybridized carbons (Fsp3) is 0.364. The molecule has 0 aliphatic rings. The van der Waals surface area contributed by atoms with E-state index in [1.165, 1.54) is 0 Å². The minimum absolute atomic E-state index is 0.415. The first-order chi connectivity index (χ1) is 8.69. The molecule has 0 spiro atoms. The third-order valence-electron chi connectivity index (χ3n) is 2.24. The molecule has 5 nitrogen and oxygen atoms in total. The Kier molecular flexibility index (Phi) is 6.55. The maximum atomic E-state index is 9.14. The van der Waals surface area contributed by atoms with Gasteiger partial charge in [0.2, 0.25) is 0 Å². The smallest absolute Gasteiger partial charge is 0.122 e. The Balaban J connectivity index is 2.63. The number of nitrogens with one attached hydrogen (secondary N) is 1. The zero-order valence-electron chi connectivity index (χ0n) is 9.48. The van der Waals surface area contributed by atoms with Gasteiger partial charge >= 0.3 is 0 Å². The second-order valence-electron chi connectivity index (χ2n) is 3.49. The van der Waals surface area contributed by atoms with Gasteiger partial charge in [0.15, 0.2) is 0 Å². The van der Waals surface area contributed by atoms with Crippen LogP contribution in [0.15, 0.2) is 27.8 Å². The van der Waals surface area contributed by atoms with Crippen molar-refractivity contribution in [2.75, 3.05) is 13.1 Å². The maximum absolute atomic E-state index is 9.14. The van der Waals surface area contributed by atoms with Gasteiger partial charge in [-0.05, 0) is 42.3 Å². The van der Waals surface area contributed by atoms with Crippen LogP contribution in [0.4, 0.5) is 0 Å². The minimum atomic E-state index is -0.441. The average molecular weight is 329 g/mol. The SMILES string of the molecule is N#CC(NCCCN=[N+]=[N-])c1cc(Cl)ccc1Br. The van der Waals surface area contributed by atoms with E-state index in [0.29, 0.717) is 24.5 Å². The van der Waals surface area contributed by atoms with Crippen LogP contribution in [0.1, 0.15) is 18.0 Å². The van der Waals surface area contributed by atoms with Crippen molar-refractivity contribution in [2.24, 2.45) is 5.11 Å². The lowest BCUT2D eigenvalue weighted by atomic mass is 10.1. The molecule has 1 rings (SSSR count). The van der Waals surface area contributed by atoms with Crippen LogP contribution in [0.25, 0.3) is 10.4 Å². The molecule has 0 aliphatic heterocycles. The summed E-state index contributed by atoms with van der Waals surface area (Å²) in [4.78, 5) is 2.66. The zero-order valence-corrected chi connectivity index (χ0v) is 11.8. The van der Waals surface area contributed by atoms with Crippen LogP contribution in [0, 0.1) is 11.3 Å². The summed E-state index contributed by atoms with van der Waals surface area (Å²) in [5.74, 6) is 0. The van der Waals surface area contributed by atoms with Gasteiger partial charge in [-0.1, -0.05) is 32.6 Å². The van der Waals surface area contributed by atoms with Gasteiger partial charge in [0, 0.05) is 21.0 Å². The van der Waals surface area contributed by atoms with Crippen molar-refractivity contribution in [3.05, 3.63) is 43.7 Å². The van der Waals surface area contributed by atoms with E-state index in [-0.39, 0.29) is 0 Å². The van der Waals surface area contributed by atoms with Crippen LogP contribution in [0.5, 0.6) is 0 Å². The number of nitrogens with zero attached hydrogens (tertiary/aromatic N) is 4. The second kappa shape index (κ2) is 7.96. The average Bonchev–Trinajstić information content (AvgIpc) is 2.37. The van der Waals surface area contributed by atoms with E-state index in [1.807, 2.05) is 6.07 Å².